The Morgan fingerprint density at radius 1 is 1.00 bits per heavy atom. The number of hydrogen-bond acceptors (Lipinski definition) is 0. The Morgan fingerprint density at radius 3 is 1.40 bits per heavy atom. The van der Waals surface area contributed by atoms with Crippen molar-refractivity contribution in [1.82, 2.24) is 0 Å². The Kier molecular flexibility index (Phi) is 4.07. The Morgan fingerprint density at radius 2 is 1.30 bits per heavy atom. The average molecular weight is 131 g/mol. The third-order valence-corrected chi connectivity index (χ3v) is 2.81. The fraction of sp³-hybridized carbons (Fsp3) is 0.778. The molecule has 0 aromatic rings. The first-order valence-electron chi connectivity index (χ1n) is 3.80. The van der Waals surface area contributed by atoms with Gasteiger partial charge in [0.2, 0.25) is 0 Å². The van der Waals surface area contributed by atoms with Crippen LogP contribution >= 0.6 is 0 Å². The normalized spacial score (nSPS) is 36.0. The summed E-state index contributed by atoms with van der Waals surface area (Å²) in [6.07, 6.45) is 1.37. The molecule has 0 bridgehead atoms. The molecule has 1 saturated carbocycles. The molecule has 0 heterocycles. The van der Waals surface area contributed by atoms with E-state index in [0.717, 1.165) is 11.8 Å². The van der Waals surface area contributed by atoms with Crippen LogP contribution in [0, 0.1) is 23.7 Å². The summed E-state index contributed by atoms with van der Waals surface area (Å²) in [6.45, 7) is 9.18. The van der Waals surface area contributed by atoms with Gasteiger partial charge in [0.1, 0.15) is 0 Å². The van der Waals surface area contributed by atoms with Crippen molar-refractivity contribution >= 4 is 18.9 Å². The van der Waals surface area contributed by atoms with E-state index in [2.05, 4.69) is 27.7 Å². The number of rotatable bonds is 0. The molecule has 2 atom stereocenters. The number of hydrogen-bond donors (Lipinski definition) is 0. The first kappa shape index (κ1) is 10.6. The Hall–Kier alpha value is 0.597. The van der Waals surface area contributed by atoms with Gasteiger partial charge in [-0.2, -0.15) is 0 Å². The molecule has 1 fully saturated rings. The standard InChI is InChI=1S/C9H16.Li/c1-6-5-7(2)9(4)8(6)3;/h6-7H,5H2,1-4H3;. The molecule has 0 spiro atoms. The Bertz CT molecular complexity index is 88.9. The summed E-state index contributed by atoms with van der Waals surface area (Å²) >= 11 is 0. The zero-order chi connectivity index (χ0) is 7.02. The Labute approximate surface area is 77.0 Å². The van der Waals surface area contributed by atoms with Gasteiger partial charge in [0.05, 0.1) is 0 Å². The van der Waals surface area contributed by atoms with Crippen LogP contribution in [-0.4, -0.2) is 18.9 Å². The van der Waals surface area contributed by atoms with Crippen LogP contribution < -0.4 is 0 Å². The van der Waals surface area contributed by atoms with E-state index in [-0.39, 0.29) is 18.9 Å². The van der Waals surface area contributed by atoms with Gasteiger partial charge in [-0.05, 0) is 30.1 Å². The van der Waals surface area contributed by atoms with Crippen LogP contribution in [0.4, 0.5) is 0 Å². The largest absolute Gasteiger partial charge is 0.0619 e. The van der Waals surface area contributed by atoms with Gasteiger partial charge in [0, 0.05) is 18.9 Å². The second-order valence-corrected chi connectivity index (χ2v) is 3.40. The minimum absolute atomic E-state index is 0. The molecule has 1 rings (SSSR count). The van der Waals surface area contributed by atoms with Crippen molar-refractivity contribution in [3.63, 3.8) is 0 Å². The van der Waals surface area contributed by atoms with Crippen molar-refractivity contribution in [3.8, 4) is 0 Å². The first-order valence-corrected chi connectivity index (χ1v) is 3.80. The predicted molar refractivity (Wildman–Crippen MR) is 46.5 cm³/mol. The van der Waals surface area contributed by atoms with Crippen LogP contribution in [0.3, 0.4) is 0 Å². The first-order chi connectivity index (χ1) is 4.13. The van der Waals surface area contributed by atoms with Crippen LogP contribution in [0.25, 0.3) is 0 Å². The van der Waals surface area contributed by atoms with E-state index in [1.54, 1.807) is 11.8 Å². The molecule has 3 radical (unpaired) electrons. The summed E-state index contributed by atoms with van der Waals surface area (Å²) in [6, 6.07) is 0. The molecule has 0 saturated heterocycles. The quantitative estimate of drug-likeness (QED) is 0.443. The van der Waals surface area contributed by atoms with E-state index in [9.17, 15) is 0 Å². The van der Waals surface area contributed by atoms with E-state index in [0.29, 0.717) is 0 Å². The molecule has 1 aliphatic carbocycles. The zero-order valence-electron chi connectivity index (χ0n) is 7.86. The van der Waals surface area contributed by atoms with E-state index >= 15 is 0 Å². The van der Waals surface area contributed by atoms with Crippen molar-refractivity contribution in [1.29, 1.82) is 0 Å². The van der Waals surface area contributed by atoms with Gasteiger partial charge < -0.3 is 0 Å². The molecule has 0 aromatic carbocycles. The van der Waals surface area contributed by atoms with Crippen LogP contribution in [0.5, 0.6) is 0 Å². The zero-order valence-corrected chi connectivity index (χ0v) is 7.86. The van der Waals surface area contributed by atoms with Gasteiger partial charge in [0.25, 0.3) is 0 Å². The summed E-state index contributed by atoms with van der Waals surface area (Å²) < 4.78 is 0. The molecule has 0 aliphatic heterocycles. The predicted octanol–water partition coefficient (Wildman–Crippen LogP) is 2.47. The maximum Gasteiger partial charge on any atom is 0 e. The molecule has 10 heavy (non-hydrogen) atoms. The van der Waals surface area contributed by atoms with Gasteiger partial charge >= 0.3 is 0 Å². The molecular formula is C9H16Li. The van der Waals surface area contributed by atoms with Gasteiger partial charge in [-0.1, -0.05) is 27.7 Å². The van der Waals surface area contributed by atoms with E-state index in [4.69, 9.17) is 0 Å². The van der Waals surface area contributed by atoms with Gasteiger partial charge in [-0.25, -0.2) is 0 Å². The average Bonchev–Trinajstić information content (AvgIpc) is 1.98. The van der Waals surface area contributed by atoms with Crippen LogP contribution in [-0.2, 0) is 0 Å². The smallest absolute Gasteiger partial charge is 0 e. The van der Waals surface area contributed by atoms with Crippen molar-refractivity contribution < 1.29 is 0 Å². The fourth-order valence-electron chi connectivity index (χ4n) is 1.66. The summed E-state index contributed by atoms with van der Waals surface area (Å²) in [4.78, 5) is 0. The molecule has 53 valence electrons. The molecule has 1 heteroatoms. The third kappa shape index (κ3) is 1.80. The van der Waals surface area contributed by atoms with Crippen molar-refractivity contribution in [2.24, 2.45) is 11.8 Å². The third-order valence-electron chi connectivity index (χ3n) is 2.81. The minimum Gasteiger partial charge on any atom is -0.0619 e. The van der Waals surface area contributed by atoms with Crippen LogP contribution in [0.2, 0.25) is 0 Å². The summed E-state index contributed by atoms with van der Waals surface area (Å²) in [5, 5.41) is 0. The fourth-order valence-corrected chi connectivity index (χ4v) is 1.66. The molecule has 0 N–H and O–H groups in total. The van der Waals surface area contributed by atoms with Crippen LogP contribution in [0.1, 0.15) is 34.1 Å². The second-order valence-electron chi connectivity index (χ2n) is 3.40. The van der Waals surface area contributed by atoms with E-state index in [1.807, 2.05) is 0 Å². The minimum atomic E-state index is 0. The molecule has 2 unspecified atom stereocenters. The van der Waals surface area contributed by atoms with Gasteiger partial charge in [-0.3, -0.25) is 0 Å². The van der Waals surface area contributed by atoms with E-state index < -0.39 is 0 Å². The maximum absolute atomic E-state index is 2.32. The SMILES string of the molecule is C[C]1[C](C)C(C)CC1C.[Li]. The van der Waals surface area contributed by atoms with Gasteiger partial charge in [0.15, 0.2) is 0 Å². The van der Waals surface area contributed by atoms with Crippen molar-refractivity contribution in [3.05, 3.63) is 11.8 Å². The second kappa shape index (κ2) is 3.84. The monoisotopic (exact) mass is 131 g/mol. The van der Waals surface area contributed by atoms with Crippen molar-refractivity contribution in [2.45, 2.75) is 34.1 Å². The Balaban J connectivity index is 0.000000810. The topological polar surface area (TPSA) is 0 Å². The van der Waals surface area contributed by atoms with Crippen molar-refractivity contribution in [2.75, 3.05) is 0 Å². The van der Waals surface area contributed by atoms with E-state index in [1.165, 1.54) is 6.42 Å². The molecule has 1 aliphatic rings. The molecular weight excluding hydrogens is 115 g/mol. The van der Waals surface area contributed by atoms with Crippen LogP contribution in [0.15, 0.2) is 0 Å². The maximum atomic E-state index is 2.32. The molecule has 0 aromatic heterocycles. The summed E-state index contributed by atoms with van der Waals surface area (Å²) in [5.74, 6) is 4.95. The van der Waals surface area contributed by atoms with Gasteiger partial charge in [-0.15, -0.1) is 0 Å². The summed E-state index contributed by atoms with van der Waals surface area (Å²) in [5.41, 5.74) is 0. The molecule has 0 nitrogen and oxygen atoms in total. The molecule has 0 amide bonds. The summed E-state index contributed by atoms with van der Waals surface area (Å²) in [7, 11) is 0.